The second kappa shape index (κ2) is 19.8. The van der Waals surface area contributed by atoms with Gasteiger partial charge in [-0.2, -0.15) is 0 Å². The first-order valence-corrected chi connectivity index (χ1v) is 11.0. The zero-order valence-electron chi connectivity index (χ0n) is 21.0. The summed E-state index contributed by atoms with van der Waals surface area (Å²) in [6, 6.07) is 23.5. The van der Waals surface area contributed by atoms with Crippen LogP contribution in [0.3, 0.4) is 0 Å². The van der Waals surface area contributed by atoms with E-state index in [-0.39, 0.29) is 76.5 Å². The predicted molar refractivity (Wildman–Crippen MR) is 132 cm³/mol. The molecule has 1 fully saturated rings. The van der Waals surface area contributed by atoms with E-state index in [9.17, 15) is 9.59 Å². The molecule has 0 radical (unpaired) electrons. The van der Waals surface area contributed by atoms with Crippen LogP contribution in [0.5, 0.6) is 0 Å². The number of benzene rings is 3. The topological polar surface area (TPSA) is 93.8 Å². The van der Waals surface area contributed by atoms with Crippen molar-refractivity contribution < 1.29 is 70.8 Å². The Morgan fingerprint density at radius 3 is 2.03 bits per heavy atom. The normalized spacial score (nSPS) is 12.8. The zero-order valence-corrected chi connectivity index (χ0v) is 24.1. The van der Waals surface area contributed by atoms with Crippen LogP contribution in [0.1, 0.15) is 23.6 Å². The molecule has 1 saturated heterocycles. The summed E-state index contributed by atoms with van der Waals surface area (Å²) < 4.78 is 4.64. The second-order valence-electron chi connectivity index (χ2n) is 7.39. The van der Waals surface area contributed by atoms with Gasteiger partial charge in [0.25, 0.3) is 5.91 Å². The van der Waals surface area contributed by atoms with Crippen molar-refractivity contribution >= 4 is 23.0 Å². The van der Waals surface area contributed by atoms with Crippen LogP contribution >= 0.6 is 0 Å². The van der Waals surface area contributed by atoms with Crippen molar-refractivity contribution in [2.45, 2.75) is 33.4 Å². The number of nitrogens with one attached hydrogen (secondary N) is 2. The Morgan fingerprint density at radius 2 is 1.56 bits per heavy atom. The number of carbonyl (C=O) groups excluding carboxylic acids is 2. The monoisotopic (exact) mass is 490 g/mol. The molecule has 4 rings (SSSR count). The molecule has 3 aromatic carbocycles. The molecular formula is C27H35KN2O4. The fraction of sp³-hybridized carbons (Fsp3) is 0.333. The Hall–Kier alpha value is -1.42. The van der Waals surface area contributed by atoms with E-state index in [1.807, 2.05) is 7.05 Å². The summed E-state index contributed by atoms with van der Waals surface area (Å²) in [7, 11) is 1.97. The second-order valence-corrected chi connectivity index (χ2v) is 7.39. The number of amides is 1. The summed E-state index contributed by atoms with van der Waals surface area (Å²) >= 11 is 0. The smallest absolute Gasteiger partial charge is 0.855 e. The molecular weight excluding hydrogens is 455 g/mol. The van der Waals surface area contributed by atoms with E-state index in [1.165, 1.54) is 27.5 Å². The molecule has 1 heterocycles. The summed E-state index contributed by atoms with van der Waals surface area (Å²) in [6.45, 7) is 7.27. The third kappa shape index (κ3) is 14.8. The van der Waals surface area contributed by atoms with Crippen molar-refractivity contribution in [2.24, 2.45) is 0 Å². The summed E-state index contributed by atoms with van der Waals surface area (Å²) in [5.41, 5.74) is 3.99. The van der Waals surface area contributed by atoms with Crippen LogP contribution in [0, 0.1) is 13.8 Å². The summed E-state index contributed by atoms with van der Waals surface area (Å²) in [5.74, 6) is -0.192. The maximum absolute atomic E-state index is 10.6. The van der Waals surface area contributed by atoms with Crippen LogP contribution in [-0.4, -0.2) is 45.1 Å². The molecule has 1 atom stereocenters. The molecule has 3 aromatic rings. The molecule has 178 valence electrons. The largest absolute Gasteiger partial charge is 1.00 e. The van der Waals surface area contributed by atoms with Gasteiger partial charge in [0.2, 0.25) is 0 Å². The Labute approximate surface area is 245 Å². The Balaban J connectivity index is 0.000000462. The number of epoxide rings is 1. The SMILES string of the molecule is CC[O-].CNCc1ccc2ccccc2c1.Cc1ccc(C)cc1.O=CCNC(=O)C1CO1.[K+]. The third-order valence-electron chi connectivity index (χ3n) is 4.40. The summed E-state index contributed by atoms with van der Waals surface area (Å²) in [4.78, 5) is 20.3. The molecule has 7 heteroatoms. The standard InChI is InChI=1S/C12H13N.C8H10.C5H7NO3.C2H5O.K/c1-13-9-10-6-7-11-4-2-3-5-12(11)8-10;1-7-3-5-8(2)6-4-7;7-2-1-6-5(8)4-3-9-4;1-2-3;/h2-8,13H,9H2,1H3;3-6H,1-2H3;2,4H,1,3H2,(H,6,8);2H2,1H3;/q;;;-1;+1. The van der Waals surface area contributed by atoms with Gasteiger partial charge in [0.15, 0.2) is 6.10 Å². The van der Waals surface area contributed by atoms with Crippen molar-refractivity contribution in [3.8, 4) is 0 Å². The fourth-order valence-corrected chi connectivity index (χ4v) is 2.65. The molecule has 0 saturated carbocycles. The number of hydrogen-bond acceptors (Lipinski definition) is 5. The van der Waals surface area contributed by atoms with Gasteiger partial charge in [-0.1, -0.05) is 78.7 Å². The Kier molecular flexibility index (Phi) is 19.0. The minimum atomic E-state index is -0.287. The quantitative estimate of drug-likeness (QED) is 0.297. The van der Waals surface area contributed by atoms with E-state index in [4.69, 9.17) is 5.11 Å². The molecule has 1 aliphatic rings. The van der Waals surface area contributed by atoms with Gasteiger partial charge in [0.05, 0.1) is 13.2 Å². The van der Waals surface area contributed by atoms with Gasteiger partial charge in [-0.25, -0.2) is 0 Å². The third-order valence-corrected chi connectivity index (χ3v) is 4.40. The maximum Gasteiger partial charge on any atom is 1.00 e. The number of fused-ring (bicyclic) bond motifs is 1. The van der Waals surface area contributed by atoms with E-state index >= 15 is 0 Å². The van der Waals surface area contributed by atoms with Crippen molar-refractivity contribution in [3.05, 3.63) is 83.4 Å². The minimum absolute atomic E-state index is 0. The maximum atomic E-state index is 10.6. The van der Waals surface area contributed by atoms with E-state index in [2.05, 4.69) is 95.9 Å². The van der Waals surface area contributed by atoms with E-state index in [1.54, 1.807) is 6.92 Å². The molecule has 0 bridgehead atoms. The molecule has 1 aliphatic heterocycles. The molecule has 34 heavy (non-hydrogen) atoms. The number of aldehydes is 1. The molecule has 6 nitrogen and oxygen atoms in total. The number of hydrogen-bond donors (Lipinski definition) is 2. The molecule has 0 spiro atoms. The minimum Gasteiger partial charge on any atom is -0.855 e. The molecule has 1 amide bonds. The van der Waals surface area contributed by atoms with Gasteiger partial charge in [-0.3, -0.25) is 4.79 Å². The van der Waals surface area contributed by atoms with Gasteiger partial charge in [0, 0.05) is 6.54 Å². The van der Waals surface area contributed by atoms with Crippen molar-refractivity contribution in [1.29, 1.82) is 0 Å². The average Bonchev–Trinajstić information content (AvgIpc) is 3.67. The number of carbonyl (C=O) groups is 2. The van der Waals surface area contributed by atoms with Crippen LogP contribution in [0.2, 0.25) is 0 Å². The summed E-state index contributed by atoms with van der Waals surface area (Å²) in [6.07, 6.45) is 0.352. The van der Waals surface area contributed by atoms with Crippen LogP contribution in [0.4, 0.5) is 0 Å². The first kappa shape index (κ1) is 32.6. The average molecular weight is 491 g/mol. The number of ether oxygens (including phenoxy) is 1. The van der Waals surface area contributed by atoms with Crippen LogP contribution in [0.15, 0.2) is 66.7 Å². The molecule has 0 aromatic heterocycles. The van der Waals surface area contributed by atoms with Crippen molar-refractivity contribution in [2.75, 3.05) is 26.8 Å². The van der Waals surface area contributed by atoms with Crippen LogP contribution < -0.4 is 67.1 Å². The van der Waals surface area contributed by atoms with E-state index in [0.29, 0.717) is 12.9 Å². The van der Waals surface area contributed by atoms with Gasteiger partial charge in [-0.15, -0.1) is 6.61 Å². The Morgan fingerprint density at radius 1 is 1.03 bits per heavy atom. The van der Waals surface area contributed by atoms with Gasteiger partial charge >= 0.3 is 51.4 Å². The van der Waals surface area contributed by atoms with Crippen LogP contribution in [-0.2, 0) is 20.9 Å². The van der Waals surface area contributed by atoms with Crippen molar-refractivity contribution in [3.63, 3.8) is 0 Å². The number of aryl methyl sites for hydroxylation is 2. The molecule has 2 N–H and O–H groups in total. The first-order valence-electron chi connectivity index (χ1n) is 11.0. The molecule has 1 unspecified atom stereocenters. The summed E-state index contributed by atoms with van der Waals surface area (Å²) in [5, 5.41) is 17.1. The van der Waals surface area contributed by atoms with Crippen LogP contribution in [0.25, 0.3) is 10.8 Å². The number of rotatable bonds is 5. The van der Waals surface area contributed by atoms with Crippen molar-refractivity contribution in [1.82, 2.24) is 10.6 Å². The predicted octanol–water partition coefficient (Wildman–Crippen LogP) is -0.0665. The van der Waals surface area contributed by atoms with Gasteiger partial charge in [-0.05, 0) is 43.3 Å². The first-order chi connectivity index (χ1) is 15.9. The fourth-order valence-electron chi connectivity index (χ4n) is 2.65. The Bertz CT molecular complexity index is 939. The van der Waals surface area contributed by atoms with E-state index in [0.717, 1.165) is 6.54 Å². The van der Waals surface area contributed by atoms with Gasteiger partial charge < -0.3 is 25.3 Å². The molecule has 0 aliphatic carbocycles. The van der Waals surface area contributed by atoms with E-state index < -0.39 is 0 Å². The van der Waals surface area contributed by atoms with Gasteiger partial charge in [0.1, 0.15) is 6.29 Å². The zero-order chi connectivity index (χ0) is 24.5.